The average Bonchev–Trinajstić information content (AvgIpc) is 3.27. The lowest BCUT2D eigenvalue weighted by molar-refractivity contribution is 0.177. The van der Waals surface area contributed by atoms with Crippen LogP contribution in [0.3, 0.4) is 0 Å². The van der Waals surface area contributed by atoms with Gasteiger partial charge in [0, 0.05) is 17.0 Å². The van der Waals surface area contributed by atoms with Gasteiger partial charge in [0.15, 0.2) is 0 Å². The van der Waals surface area contributed by atoms with Gasteiger partial charge in [0.05, 0.1) is 6.10 Å². The van der Waals surface area contributed by atoms with Gasteiger partial charge >= 0.3 is 0 Å². The maximum atomic E-state index is 13.7. The lowest BCUT2D eigenvalue weighted by atomic mass is 9.98. The third kappa shape index (κ3) is 2.87. The fraction of sp³-hybridized carbons (Fsp3) is 0.294. The van der Waals surface area contributed by atoms with Gasteiger partial charge in [-0.2, -0.15) is 0 Å². The van der Waals surface area contributed by atoms with Crippen molar-refractivity contribution in [2.75, 3.05) is 0 Å². The minimum atomic E-state index is -0.733. The topological polar surface area (TPSA) is 20.2 Å². The Hall–Kier alpha value is -1.38. The first-order chi connectivity index (χ1) is 9.65. The van der Waals surface area contributed by atoms with Crippen LogP contribution in [-0.4, -0.2) is 5.11 Å². The summed E-state index contributed by atoms with van der Waals surface area (Å²) in [7, 11) is 0. The Labute approximate surface area is 123 Å². The van der Waals surface area contributed by atoms with Crippen LogP contribution in [0.4, 0.5) is 4.39 Å². The molecule has 1 nitrogen and oxygen atoms in total. The van der Waals surface area contributed by atoms with Crippen LogP contribution >= 0.6 is 11.6 Å². The van der Waals surface area contributed by atoms with Crippen molar-refractivity contribution in [2.24, 2.45) is 0 Å². The van der Waals surface area contributed by atoms with E-state index in [1.165, 1.54) is 24.5 Å². The van der Waals surface area contributed by atoms with Crippen molar-refractivity contribution in [2.45, 2.75) is 31.3 Å². The summed E-state index contributed by atoms with van der Waals surface area (Å²) in [6, 6.07) is 12.5. The monoisotopic (exact) mass is 290 g/mol. The van der Waals surface area contributed by atoms with Crippen LogP contribution in [0.15, 0.2) is 42.5 Å². The highest BCUT2D eigenvalue weighted by Gasteiger charge is 2.24. The Morgan fingerprint density at radius 1 is 1.20 bits per heavy atom. The molecule has 1 aliphatic carbocycles. The standard InChI is InChI=1S/C17H16ClFO/c18-15-5-2-6-16(19)14(15)10-17(20)13-4-1-3-12(9-13)11-7-8-11/h1-6,9,11,17,20H,7-8,10H2. The second-order valence-corrected chi connectivity index (χ2v) is 5.77. The van der Waals surface area contributed by atoms with E-state index >= 15 is 0 Å². The quantitative estimate of drug-likeness (QED) is 0.870. The van der Waals surface area contributed by atoms with Crippen LogP contribution in [-0.2, 0) is 6.42 Å². The Morgan fingerprint density at radius 2 is 1.95 bits per heavy atom. The normalized spacial score (nSPS) is 16.1. The predicted octanol–water partition coefficient (Wildman–Crippen LogP) is 4.63. The van der Waals surface area contributed by atoms with E-state index in [0.29, 0.717) is 16.5 Å². The summed E-state index contributed by atoms with van der Waals surface area (Å²) in [6.45, 7) is 0. The molecule has 3 rings (SSSR count). The zero-order valence-electron chi connectivity index (χ0n) is 11.0. The Bertz CT molecular complexity index is 602. The van der Waals surface area contributed by atoms with Gasteiger partial charge in [-0.1, -0.05) is 41.9 Å². The van der Waals surface area contributed by atoms with Crippen LogP contribution in [0.1, 0.15) is 41.6 Å². The van der Waals surface area contributed by atoms with Crippen molar-refractivity contribution in [1.82, 2.24) is 0 Å². The Balaban J connectivity index is 1.82. The summed E-state index contributed by atoms with van der Waals surface area (Å²) in [5.41, 5.74) is 2.47. The molecule has 0 saturated heterocycles. The molecule has 20 heavy (non-hydrogen) atoms. The average molecular weight is 291 g/mol. The fourth-order valence-electron chi connectivity index (χ4n) is 2.48. The molecule has 0 aliphatic heterocycles. The van der Waals surface area contributed by atoms with Gasteiger partial charge in [0.2, 0.25) is 0 Å². The predicted molar refractivity (Wildman–Crippen MR) is 78.5 cm³/mol. The van der Waals surface area contributed by atoms with Crippen molar-refractivity contribution >= 4 is 11.6 Å². The number of rotatable bonds is 4. The van der Waals surface area contributed by atoms with E-state index in [9.17, 15) is 9.50 Å². The summed E-state index contributed by atoms with van der Waals surface area (Å²) in [5.74, 6) is 0.272. The molecule has 0 radical (unpaired) electrons. The molecular formula is C17H16ClFO. The summed E-state index contributed by atoms with van der Waals surface area (Å²) in [6.07, 6.45) is 1.90. The molecule has 0 heterocycles. The van der Waals surface area contributed by atoms with E-state index in [-0.39, 0.29) is 12.2 Å². The van der Waals surface area contributed by atoms with Gasteiger partial charge in [0.25, 0.3) is 0 Å². The van der Waals surface area contributed by atoms with E-state index in [1.807, 2.05) is 18.2 Å². The maximum Gasteiger partial charge on any atom is 0.127 e. The molecule has 0 bridgehead atoms. The second kappa shape index (κ2) is 5.55. The molecule has 1 N–H and O–H groups in total. The molecule has 0 amide bonds. The highest BCUT2D eigenvalue weighted by Crippen LogP contribution is 2.40. The van der Waals surface area contributed by atoms with Gasteiger partial charge in [-0.25, -0.2) is 4.39 Å². The maximum absolute atomic E-state index is 13.7. The van der Waals surface area contributed by atoms with Crippen LogP contribution < -0.4 is 0 Å². The molecular weight excluding hydrogens is 275 g/mol. The molecule has 1 unspecified atom stereocenters. The molecule has 104 valence electrons. The minimum Gasteiger partial charge on any atom is -0.388 e. The molecule has 1 atom stereocenters. The van der Waals surface area contributed by atoms with Crippen molar-refractivity contribution in [3.05, 3.63) is 70.0 Å². The summed E-state index contributed by atoms with van der Waals surface area (Å²) in [5, 5.41) is 10.7. The SMILES string of the molecule is OC(Cc1c(F)cccc1Cl)c1cccc(C2CC2)c1. The van der Waals surface area contributed by atoms with Gasteiger partial charge in [-0.15, -0.1) is 0 Å². The van der Waals surface area contributed by atoms with E-state index in [4.69, 9.17) is 11.6 Å². The molecule has 2 aromatic carbocycles. The van der Waals surface area contributed by atoms with Crippen LogP contribution in [0.5, 0.6) is 0 Å². The van der Waals surface area contributed by atoms with E-state index in [1.54, 1.807) is 12.1 Å². The zero-order chi connectivity index (χ0) is 14.1. The van der Waals surface area contributed by atoms with Crippen molar-refractivity contribution in [1.29, 1.82) is 0 Å². The third-order valence-electron chi connectivity index (χ3n) is 3.80. The van der Waals surface area contributed by atoms with Crippen LogP contribution in [0.2, 0.25) is 5.02 Å². The van der Waals surface area contributed by atoms with E-state index in [2.05, 4.69) is 6.07 Å². The van der Waals surface area contributed by atoms with Crippen molar-refractivity contribution < 1.29 is 9.50 Å². The Kier molecular flexibility index (Phi) is 3.77. The molecule has 1 fully saturated rings. The fourth-order valence-corrected chi connectivity index (χ4v) is 2.72. The number of hydrogen-bond acceptors (Lipinski definition) is 1. The molecule has 2 aromatic rings. The van der Waals surface area contributed by atoms with E-state index < -0.39 is 6.10 Å². The van der Waals surface area contributed by atoms with Crippen LogP contribution in [0.25, 0.3) is 0 Å². The second-order valence-electron chi connectivity index (χ2n) is 5.36. The van der Waals surface area contributed by atoms with Gasteiger partial charge < -0.3 is 5.11 Å². The lowest BCUT2D eigenvalue weighted by Crippen LogP contribution is -2.04. The zero-order valence-corrected chi connectivity index (χ0v) is 11.8. The third-order valence-corrected chi connectivity index (χ3v) is 4.16. The molecule has 0 aromatic heterocycles. The van der Waals surface area contributed by atoms with Gasteiger partial charge in [0.1, 0.15) is 5.82 Å². The number of aliphatic hydroxyl groups is 1. The molecule has 1 saturated carbocycles. The first-order valence-electron chi connectivity index (χ1n) is 6.86. The van der Waals surface area contributed by atoms with Gasteiger partial charge in [-0.05, 0) is 42.0 Å². The highest BCUT2D eigenvalue weighted by molar-refractivity contribution is 6.31. The first kappa shape index (κ1) is 13.6. The number of benzene rings is 2. The van der Waals surface area contributed by atoms with Crippen molar-refractivity contribution in [3.63, 3.8) is 0 Å². The van der Waals surface area contributed by atoms with Crippen LogP contribution in [0, 0.1) is 5.82 Å². The van der Waals surface area contributed by atoms with Gasteiger partial charge in [-0.3, -0.25) is 0 Å². The summed E-state index contributed by atoms with van der Waals surface area (Å²) < 4.78 is 13.7. The highest BCUT2D eigenvalue weighted by atomic mass is 35.5. The van der Waals surface area contributed by atoms with E-state index in [0.717, 1.165) is 5.56 Å². The summed E-state index contributed by atoms with van der Waals surface area (Å²) >= 11 is 6.00. The molecule has 3 heteroatoms. The number of aliphatic hydroxyl groups excluding tert-OH is 1. The first-order valence-corrected chi connectivity index (χ1v) is 7.24. The largest absolute Gasteiger partial charge is 0.388 e. The number of hydrogen-bond donors (Lipinski definition) is 1. The lowest BCUT2D eigenvalue weighted by Gasteiger charge is -2.14. The molecule has 1 aliphatic rings. The Morgan fingerprint density at radius 3 is 2.65 bits per heavy atom. The van der Waals surface area contributed by atoms with Crippen molar-refractivity contribution in [3.8, 4) is 0 Å². The summed E-state index contributed by atoms with van der Waals surface area (Å²) in [4.78, 5) is 0. The minimum absolute atomic E-state index is 0.194. The molecule has 0 spiro atoms. The smallest absolute Gasteiger partial charge is 0.127 e. The number of halogens is 2.